The predicted octanol–water partition coefficient (Wildman–Crippen LogP) is 3.35. The van der Waals surface area contributed by atoms with Crippen LogP contribution in [0, 0.1) is 12.7 Å². The van der Waals surface area contributed by atoms with E-state index in [1.54, 1.807) is 49.4 Å². The topological polar surface area (TPSA) is 84.2 Å². The number of carbonyl (C=O) groups is 2. The van der Waals surface area contributed by atoms with Crippen LogP contribution in [0.4, 0.5) is 10.2 Å². The third-order valence-corrected chi connectivity index (χ3v) is 3.89. The zero-order chi connectivity index (χ0) is 19.2. The van der Waals surface area contributed by atoms with Crippen molar-refractivity contribution in [3.8, 4) is 0 Å². The summed E-state index contributed by atoms with van der Waals surface area (Å²) in [7, 11) is 0. The molecule has 2 amide bonds. The molecule has 0 aliphatic carbocycles. The number of nitrogens with zero attached hydrogens (tertiary/aromatic N) is 1. The van der Waals surface area contributed by atoms with E-state index in [0.29, 0.717) is 35.7 Å². The zero-order valence-corrected chi connectivity index (χ0v) is 14.7. The van der Waals surface area contributed by atoms with Gasteiger partial charge in [-0.2, -0.15) is 0 Å². The van der Waals surface area contributed by atoms with Crippen LogP contribution in [0.15, 0.2) is 59.1 Å². The van der Waals surface area contributed by atoms with Crippen molar-refractivity contribution in [3.63, 3.8) is 0 Å². The molecule has 2 N–H and O–H groups in total. The maximum atomic E-state index is 12.9. The lowest BCUT2D eigenvalue weighted by molar-refractivity contribution is 0.0952. The third-order valence-electron chi connectivity index (χ3n) is 3.89. The van der Waals surface area contributed by atoms with E-state index in [9.17, 15) is 14.0 Å². The molecule has 0 fully saturated rings. The van der Waals surface area contributed by atoms with Gasteiger partial charge in [0.2, 0.25) is 0 Å². The first-order valence-corrected chi connectivity index (χ1v) is 8.38. The first-order chi connectivity index (χ1) is 13.0. The number of rotatable bonds is 6. The normalized spacial score (nSPS) is 10.4. The van der Waals surface area contributed by atoms with Gasteiger partial charge in [0, 0.05) is 23.7 Å². The second-order valence-corrected chi connectivity index (χ2v) is 5.99. The van der Waals surface area contributed by atoms with E-state index >= 15 is 0 Å². The van der Waals surface area contributed by atoms with Gasteiger partial charge in [0.05, 0.1) is 0 Å². The van der Waals surface area contributed by atoms with E-state index in [2.05, 4.69) is 15.8 Å². The van der Waals surface area contributed by atoms with E-state index in [-0.39, 0.29) is 17.6 Å². The van der Waals surface area contributed by atoms with Gasteiger partial charge in [0.15, 0.2) is 5.82 Å². The second kappa shape index (κ2) is 8.27. The van der Waals surface area contributed by atoms with Crippen LogP contribution in [0.3, 0.4) is 0 Å². The summed E-state index contributed by atoms with van der Waals surface area (Å²) in [6.07, 6.45) is 0.601. The largest absolute Gasteiger partial charge is 0.360 e. The molecule has 0 saturated carbocycles. The van der Waals surface area contributed by atoms with Gasteiger partial charge in [-0.15, -0.1) is 0 Å². The lowest BCUT2D eigenvalue weighted by Crippen LogP contribution is -2.25. The molecule has 138 valence electrons. The number of hydrogen-bond donors (Lipinski definition) is 2. The van der Waals surface area contributed by atoms with E-state index in [0.717, 1.165) is 5.56 Å². The van der Waals surface area contributed by atoms with Crippen molar-refractivity contribution in [3.05, 3.63) is 82.9 Å². The molecule has 6 nitrogen and oxygen atoms in total. The molecule has 7 heteroatoms. The Kier molecular flexibility index (Phi) is 5.61. The van der Waals surface area contributed by atoms with Gasteiger partial charge in [0.25, 0.3) is 11.8 Å². The van der Waals surface area contributed by atoms with Gasteiger partial charge in [0.1, 0.15) is 11.6 Å². The van der Waals surface area contributed by atoms with E-state index in [1.165, 1.54) is 12.1 Å². The highest BCUT2D eigenvalue weighted by molar-refractivity contribution is 6.04. The number of halogens is 1. The van der Waals surface area contributed by atoms with Crippen molar-refractivity contribution < 1.29 is 18.5 Å². The van der Waals surface area contributed by atoms with Gasteiger partial charge < -0.3 is 15.2 Å². The van der Waals surface area contributed by atoms with Crippen molar-refractivity contribution in [2.75, 3.05) is 11.9 Å². The van der Waals surface area contributed by atoms with Gasteiger partial charge in [-0.1, -0.05) is 17.3 Å². The third kappa shape index (κ3) is 5.01. The van der Waals surface area contributed by atoms with E-state index < -0.39 is 0 Å². The minimum Gasteiger partial charge on any atom is -0.360 e. The molecule has 0 aliphatic heterocycles. The standard InChI is InChI=1S/C20H18FN3O3/c1-13-12-18(24-27-13)23-20(26)16-6-4-15(5-7-16)19(25)22-11-10-14-2-8-17(21)9-3-14/h2-9,12H,10-11H2,1H3,(H,22,25)(H,23,24,26). The Balaban J connectivity index is 1.52. The summed E-state index contributed by atoms with van der Waals surface area (Å²) < 4.78 is 17.8. The molecule has 1 heterocycles. The van der Waals surface area contributed by atoms with Crippen LogP contribution in [0.25, 0.3) is 0 Å². The van der Waals surface area contributed by atoms with Crippen LogP contribution in [-0.2, 0) is 6.42 Å². The zero-order valence-electron chi connectivity index (χ0n) is 14.7. The Hall–Kier alpha value is -3.48. The van der Waals surface area contributed by atoms with E-state index in [1.807, 2.05) is 0 Å². The molecule has 2 aromatic carbocycles. The molecule has 3 aromatic rings. The first-order valence-electron chi connectivity index (χ1n) is 8.38. The summed E-state index contributed by atoms with van der Waals surface area (Å²) in [4.78, 5) is 24.3. The van der Waals surface area contributed by atoms with Crippen molar-refractivity contribution in [2.24, 2.45) is 0 Å². The predicted molar refractivity (Wildman–Crippen MR) is 98.1 cm³/mol. The van der Waals surface area contributed by atoms with Crippen LogP contribution in [0.2, 0.25) is 0 Å². The highest BCUT2D eigenvalue weighted by Crippen LogP contribution is 2.11. The molecule has 1 aromatic heterocycles. The number of hydrogen-bond acceptors (Lipinski definition) is 4. The lowest BCUT2D eigenvalue weighted by Gasteiger charge is -2.07. The molecule has 0 unspecified atom stereocenters. The van der Waals surface area contributed by atoms with Gasteiger partial charge in [-0.05, 0) is 55.3 Å². The molecular weight excluding hydrogens is 349 g/mol. The summed E-state index contributed by atoms with van der Waals surface area (Å²) in [5, 5.41) is 9.11. The monoisotopic (exact) mass is 367 g/mol. The fourth-order valence-electron chi connectivity index (χ4n) is 2.46. The van der Waals surface area contributed by atoms with Crippen molar-refractivity contribution >= 4 is 17.6 Å². The van der Waals surface area contributed by atoms with Crippen LogP contribution in [-0.4, -0.2) is 23.5 Å². The molecular formula is C20H18FN3O3. The average molecular weight is 367 g/mol. The molecule has 0 saturated heterocycles. The summed E-state index contributed by atoms with van der Waals surface area (Å²) in [6.45, 7) is 2.16. The Morgan fingerprint density at radius 1 is 1.00 bits per heavy atom. The Labute approximate surface area is 155 Å². The van der Waals surface area contributed by atoms with Gasteiger partial charge >= 0.3 is 0 Å². The number of carbonyl (C=O) groups excluding carboxylic acids is 2. The molecule has 3 rings (SSSR count). The van der Waals surface area contributed by atoms with E-state index in [4.69, 9.17) is 4.52 Å². The minimum atomic E-state index is -0.341. The molecule has 0 aliphatic rings. The number of anilines is 1. The minimum absolute atomic E-state index is 0.240. The first kappa shape index (κ1) is 18.3. The van der Waals surface area contributed by atoms with Gasteiger partial charge in [-0.25, -0.2) is 4.39 Å². The quantitative estimate of drug-likeness (QED) is 0.700. The van der Waals surface area contributed by atoms with Crippen molar-refractivity contribution in [2.45, 2.75) is 13.3 Å². The smallest absolute Gasteiger partial charge is 0.256 e. The molecule has 0 atom stereocenters. The summed E-state index contributed by atoms with van der Waals surface area (Å²) in [5.41, 5.74) is 1.79. The lowest BCUT2D eigenvalue weighted by atomic mass is 10.1. The highest BCUT2D eigenvalue weighted by atomic mass is 19.1. The van der Waals surface area contributed by atoms with Crippen LogP contribution >= 0.6 is 0 Å². The average Bonchev–Trinajstić information content (AvgIpc) is 3.08. The molecule has 27 heavy (non-hydrogen) atoms. The Morgan fingerprint density at radius 2 is 1.63 bits per heavy atom. The van der Waals surface area contributed by atoms with Crippen molar-refractivity contribution in [1.29, 1.82) is 0 Å². The van der Waals surface area contributed by atoms with Crippen LogP contribution in [0.5, 0.6) is 0 Å². The maximum absolute atomic E-state index is 12.9. The fraction of sp³-hybridized carbons (Fsp3) is 0.150. The second-order valence-electron chi connectivity index (χ2n) is 5.99. The fourth-order valence-corrected chi connectivity index (χ4v) is 2.46. The number of nitrogens with one attached hydrogen (secondary N) is 2. The van der Waals surface area contributed by atoms with Gasteiger partial charge in [-0.3, -0.25) is 9.59 Å². The maximum Gasteiger partial charge on any atom is 0.256 e. The molecule has 0 bridgehead atoms. The summed E-state index contributed by atoms with van der Waals surface area (Å²) in [6, 6.07) is 14.1. The van der Waals surface area contributed by atoms with Crippen molar-refractivity contribution in [1.82, 2.24) is 10.5 Å². The summed E-state index contributed by atoms with van der Waals surface area (Å²) >= 11 is 0. The number of amides is 2. The Morgan fingerprint density at radius 3 is 2.22 bits per heavy atom. The molecule has 0 radical (unpaired) electrons. The summed E-state index contributed by atoms with van der Waals surface area (Å²) in [5.74, 6) is 0.0615. The number of benzene rings is 2. The van der Waals surface area contributed by atoms with Crippen LogP contribution in [0.1, 0.15) is 32.0 Å². The number of aromatic nitrogens is 1. The Bertz CT molecular complexity index is 934. The highest BCUT2D eigenvalue weighted by Gasteiger charge is 2.11. The van der Waals surface area contributed by atoms with Crippen LogP contribution < -0.4 is 10.6 Å². The number of aryl methyl sites for hydroxylation is 1. The SMILES string of the molecule is Cc1cc(NC(=O)c2ccc(C(=O)NCCc3ccc(F)cc3)cc2)no1. The molecule has 0 spiro atoms.